The molecule has 0 saturated heterocycles. The lowest BCUT2D eigenvalue weighted by Crippen LogP contribution is -1.88. The second-order valence-corrected chi connectivity index (χ2v) is 3.87. The number of aryl methyl sites for hydroxylation is 1. The summed E-state index contributed by atoms with van der Waals surface area (Å²) >= 11 is 1.73. The summed E-state index contributed by atoms with van der Waals surface area (Å²) in [6, 6.07) is 6.19. The Hall–Kier alpha value is -1.09. The van der Waals surface area contributed by atoms with E-state index in [-0.39, 0.29) is 0 Å². The zero-order chi connectivity index (χ0) is 8.55. The molecule has 0 aliphatic rings. The van der Waals surface area contributed by atoms with Crippen molar-refractivity contribution >= 4 is 27.2 Å². The first-order chi connectivity index (χ1) is 5.81. The van der Waals surface area contributed by atoms with Crippen LogP contribution < -0.4 is 5.32 Å². The molecule has 0 atom stereocenters. The lowest BCUT2D eigenvalue weighted by atomic mass is 10.3. The van der Waals surface area contributed by atoms with Crippen LogP contribution in [0.4, 0.5) is 5.69 Å². The van der Waals surface area contributed by atoms with Crippen molar-refractivity contribution in [2.45, 2.75) is 6.92 Å². The summed E-state index contributed by atoms with van der Waals surface area (Å²) in [6.07, 6.45) is 0. The lowest BCUT2D eigenvalue weighted by molar-refractivity contribution is 1.34. The molecule has 0 spiro atoms. The van der Waals surface area contributed by atoms with Gasteiger partial charge in [-0.15, -0.1) is 11.3 Å². The van der Waals surface area contributed by atoms with Crippen LogP contribution in [-0.4, -0.2) is 12.0 Å². The van der Waals surface area contributed by atoms with E-state index in [0.29, 0.717) is 0 Å². The van der Waals surface area contributed by atoms with Crippen molar-refractivity contribution in [3.63, 3.8) is 0 Å². The van der Waals surface area contributed by atoms with E-state index < -0.39 is 0 Å². The molecule has 0 unspecified atom stereocenters. The average Bonchev–Trinajstić information content (AvgIpc) is 2.44. The van der Waals surface area contributed by atoms with Crippen LogP contribution >= 0.6 is 11.3 Å². The Morgan fingerprint density at radius 2 is 2.25 bits per heavy atom. The Labute approximate surface area is 75.3 Å². The van der Waals surface area contributed by atoms with Crippen molar-refractivity contribution in [1.82, 2.24) is 4.98 Å². The van der Waals surface area contributed by atoms with E-state index in [1.54, 1.807) is 11.3 Å². The van der Waals surface area contributed by atoms with Crippen LogP contribution in [0.5, 0.6) is 0 Å². The van der Waals surface area contributed by atoms with E-state index in [9.17, 15) is 0 Å². The van der Waals surface area contributed by atoms with Crippen LogP contribution in [0.25, 0.3) is 10.2 Å². The minimum absolute atomic E-state index is 1.09. The summed E-state index contributed by atoms with van der Waals surface area (Å²) in [6.45, 7) is 2.03. The molecule has 1 heterocycles. The second-order valence-electron chi connectivity index (χ2n) is 2.64. The molecule has 0 aliphatic heterocycles. The van der Waals surface area contributed by atoms with E-state index in [1.807, 2.05) is 26.1 Å². The third-order valence-electron chi connectivity index (χ3n) is 1.80. The number of rotatable bonds is 1. The average molecular weight is 178 g/mol. The standard InChI is InChI=1S/C9H10N2S/c1-6-11-9-7(10-2)4-3-5-8(9)12-6/h3-5,10H,1-2H3. The smallest absolute Gasteiger partial charge is 0.105 e. The molecule has 0 saturated carbocycles. The van der Waals surface area contributed by atoms with Gasteiger partial charge in [0.1, 0.15) is 5.52 Å². The molecule has 2 rings (SSSR count). The molecule has 0 aliphatic carbocycles. The third kappa shape index (κ3) is 1.06. The topological polar surface area (TPSA) is 24.9 Å². The minimum Gasteiger partial charge on any atom is -0.386 e. The monoisotopic (exact) mass is 178 g/mol. The highest BCUT2D eigenvalue weighted by Crippen LogP contribution is 2.26. The van der Waals surface area contributed by atoms with Gasteiger partial charge in [-0.25, -0.2) is 4.98 Å². The van der Waals surface area contributed by atoms with Crippen LogP contribution in [0.15, 0.2) is 18.2 Å². The van der Waals surface area contributed by atoms with Crippen molar-refractivity contribution in [3.8, 4) is 0 Å². The molecule has 0 radical (unpaired) electrons. The number of para-hydroxylation sites is 1. The molecule has 2 nitrogen and oxygen atoms in total. The first-order valence-corrected chi connectivity index (χ1v) is 4.67. The Morgan fingerprint density at radius 1 is 1.42 bits per heavy atom. The molecule has 0 amide bonds. The number of hydrogen-bond donors (Lipinski definition) is 1. The highest BCUT2D eigenvalue weighted by Gasteiger charge is 2.02. The van der Waals surface area contributed by atoms with Crippen LogP contribution in [0.2, 0.25) is 0 Å². The van der Waals surface area contributed by atoms with E-state index in [4.69, 9.17) is 0 Å². The molecule has 12 heavy (non-hydrogen) atoms. The lowest BCUT2D eigenvalue weighted by Gasteiger charge is -1.98. The molecule has 1 aromatic heterocycles. The summed E-state index contributed by atoms with van der Waals surface area (Å²) in [7, 11) is 1.92. The quantitative estimate of drug-likeness (QED) is 0.726. The zero-order valence-corrected chi connectivity index (χ0v) is 7.90. The summed E-state index contributed by atoms with van der Waals surface area (Å²) < 4.78 is 1.25. The van der Waals surface area contributed by atoms with Gasteiger partial charge < -0.3 is 5.32 Å². The molecule has 3 heteroatoms. The normalized spacial score (nSPS) is 10.5. The first kappa shape index (κ1) is 7.55. The van der Waals surface area contributed by atoms with Gasteiger partial charge >= 0.3 is 0 Å². The number of fused-ring (bicyclic) bond motifs is 1. The van der Waals surface area contributed by atoms with E-state index in [2.05, 4.69) is 16.4 Å². The predicted octanol–water partition coefficient (Wildman–Crippen LogP) is 2.65. The van der Waals surface area contributed by atoms with Crippen molar-refractivity contribution in [2.24, 2.45) is 0 Å². The Balaban J connectivity index is 2.78. The number of aromatic nitrogens is 1. The van der Waals surface area contributed by atoms with Crippen molar-refractivity contribution in [3.05, 3.63) is 23.2 Å². The second kappa shape index (κ2) is 2.75. The van der Waals surface area contributed by atoms with Gasteiger partial charge in [0.05, 0.1) is 15.4 Å². The summed E-state index contributed by atoms with van der Waals surface area (Å²) in [5.41, 5.74) is 2.19. The van der Waals surface area contributed by atoms with Gasteiger partial charge in [-0.1, -0.05) is 6.07 Å². The maximum absolute atomic E-state index is 4.44. The van der Waals surface area contributed by atoms with Gasteiger partial charge in [0.25, 0.3) is 0 Å². The molecule has 0 fully saturated rings. The Kier molecular flexibility index (Phi) is 1.73. The summed E-state index contributed by atoms with van der Waals surface area (Å²) in [5.74, 6) is 0. The number of anilines is 1. The van der Waals surface area contributed by atoms with Crippen LogP contribution in [-0.2, 0) is 0 Å². The minimum atomic E-state index is 1.09. The SMILES string of the molecule is CNc1cccc2sc(C)nc12. The van der Waals surface area contributed by atoms with Crippen molar-refractivity contribution in [2.75, 3.05) is 12.4 Å². The van der Waals surface area contributed by atoms with Gasteiger partial charge in [0.15, 0.2) is 0 Å². The maximum atomic E-state index is 4.44. The number of benzene rings is 1. The number of nitrogens with zero attached hydrogens (tertiary/aromatic N) is 1. The molecule has 62 valence electrons. The fraction of sp³-hybridized carbons (Fsp3) is 0.222. The molecule has 0 bridgehead atoms. The zero-order valence-electron chi connectivity index (χ0n) is 7.09. The fourth-order valence-corrected chi connectivity index (χ4v) is 2.12. The molecular formula is C9H10N2S. The predicted molar refractivity (Wildman–Crippen MR) is 53.9 cm³/mol. The van der Waals surface area contributed by atoms with Crippen LogP contribution in [0, 0.1) is 6.92 Å². The largest absolute Gasteiger partial charge is 0.386 e. The highest BCUT2D eigenvalue weighted by molar-refractivity contribution is 7.18. The third-order valence-corrected chi connectivity index (χ3v) is 2.73. The van der Waals surface area contributed by atoms with Crippen LogP contribution in [0.1, 0.15) is 5.01 Å². The van der Waals surface area contributed by atoms with Gasteiger partial charge in [0.2, 0.25) is 0 Å². The molecular weight excluding hydrogens is 168 g/mol. The molecule has 1 aromatic carbocycles. The maximum Gasteiger partial charge on any atom is 0.105 e. The fourth-order valence-electron chi connectivity index (χ4n) is 1.26. The number of nitrogens with one attached hydrogen (secondary N) is 1. The van der Waals surface area contributed by atoms with Crippen LogP contribution in [0.3, 0.4) is 0 Å². The Bertz CT molecular complexity index is 406. The van der Waals surface area contributed by atoms with E-state index >= 15 is 0 Å². The molecule has 2 aromatic rings. The highest BCUT2D eigenvalue weighted by atomic mass is 32.1. The van der Waals surface area contributed by atoms with Gasteiger partial charge in [-0.2, -0.15) is 0 Å². The van der Waals surface area contributed by atoms with Crippen molar-refractivity contribution in [1.29, 1.82) is 0 Å². The number of thiazole rings is 1. The van der Waals surface area contributed by atoms with Crippen molar-refractivity contribution < 1.29 is 0 Å². The summed E-state index contributed by atoms with van der Waals surface area (Å²) in [4.78, 5) is 4.44. The van der Waals surface area contributed by atoms with Gasteiger partial charge in [-0.05, 0) is 19.1 Å². The molecule has 1 N–H and O–H groups in total. The Morgan fingerprint density at radius 3 is 3.00 bits per heavy atom. The van der Waals surface area contributed by atoms with E-state index in [1.165, 1.54) is 4.70 Å². The van der Waals surface area contributed by atoms with Gasteiger partial charge in [-0.3, -0.25) is 0 Å². The summed E-state index contributed by atoms with van der Waals surface area (Å²) in [5, 5.41) is 4.25. The first-order valence-electron chi connectivity index (χ1n) is 3.85. The van der Waals surface area contributed by atoms with Gasteiger partial charge in [0, 0.05) is 7.05 Å². The van der Waals surface area contributed by atoms with E-state index in [0.717, 1.165) is 16.2 Å². The number of hydrogen-bond acceptors (Lipinski definition) is 3.